The van der Waals surface area contributed by atoms with Crippen molar-refractivity contribution in [3.63, 3.8) is 0 Å². The summed E-state index contributed by atoms with van der Waals surface area (Å²) in [6.45, 7) is 4.63. The molecule has 3 aliphatic heterocycles. The van der Waals surface area contributed by atoms with Crippen molar-refractivity contribution < 1.29 is 19.0 Å². The quantitative estimate of drug-likeness (QED) is 0.911. The first-order valence-corrected chi connectivity index (χ1v) is 9.26. The maximum Gasteiger partial charge on any atom is 0.227 e. The van der Waals surface area contributed by atoms with Crippen LogP contribution in [0.1, 0.15) is 25.7 Å². The molecule has 6 heteroatoms. The van der Waals surface area contributed by atoms with Crippen molar-refractivity contribution in [1.82, 2.24) is 0 Å². The monoisotopic (exact) mass is 346 g/mol. The van der Waals surface area contributed by atoms with E-state index in [-0.39, 0.29) is 17.6 Å². The van der Waals surface area contributed by atoms with Crippen LogP contribution in [0.2, 0.25) is 0 Å². The third kappa shape index (κ3) is 3.81. The summed E-state index contributed by atoms with van der Waals surface area (Å²) in [5, 5.41) is 3.03. The van der Waals surface area contributed by atoms with Crippen LogP contribution in [0.4, 0.5) is 11.4 Å². The first-order chi connectivity index (χ1) is 12.2. The summed E-state index contributed by atoms with van der Waals surface area (Å²) in [4.78, 5) is 14.6. The number of carbonyl (C=O) groups excluding carboxylic acids is 1. The summed E-state index contributed by atoms with van der Waals surface area (Å²) < 4.78 is 16.9. The number of benzene rings is 1. The second kappa shape index (κ2) is 7.32. The van der Waals surface area contributed by atoms with E-state index in [0.717, 1.165) is 44.5 Å². The molecule has 0 unspecified atom stereocenters. The van der Waals surface area contributed by atoms with Crippen molar-refractivity contribution in [3.8, 4) is 0 Å². The third-order valence-electron chi connectivity index (χ3n) is 5.43. The highest BCUT2D eigenvalue weighted by atomic mass is 16.7. The summed E-state index contributed by atoms with van der Waals surface area (Å²) in [5.41, 5.74) is 2.04. The van der Waals surface area contributed by atoms with Crippen molar-refractivity contribution in [1.29, 1.82) is 0 Å². The molecule has 3 aliphatic rings. The Morgan fingerprint density at radius 3 is 2.28 bits per heavy atom. The number of hydrogen-bond acceptors (Lipinski definition) is 5. The standard InChI is InChI=1S/C19H26N2O4/c22-18(15-5-11-23-12-6-15)20-16-1-3-17(4-2-16)21-9-7-19(8-10-21)24-13-14-25-19/h1-4,15H,5-14H2,(H,20,22). The minimum Gasteiger partial charge on any atom is -0.381 e. The molecule has 4 rings (SSSR count). The van der Waals surface area contributed by atoms with Gasteiger partial charge in [0.05, 0.1) is 13.2 Å². The lowest BCUT2D eigenvalue weighted by molar-refractivity contribution is -0.169. The zero-order chi connectivity index (χ0) is 17.1. The van der Waals surface area contributed by atoms with Gasteiger partial charge in [0, 0.05) is 56.4 Å². The Bertz CT molecular complexity index is 582. The first kappa shape index (κ1) is 16.8. The Hall–Kier alpha value is -1.63. The van der Waals surface area contributed by atoms with Crippen LogP contribution in [0.25, 0.3) is 0 Å². The lowest BCUT2D eigenvalue weighted by atomic mass is 9.99. The smallest absolute Gasteiger partial charge is 0.227 e. The number of amides is 1. The van der Waals surface area contributed by atoms with Gasteiger partial charge in [-0.25, -0.2) is 0 Å². The number of piperidine rings is 1. The number of anilines is 2. The van der Waals surface area contributed by atoms with Crippen LogP contribution in [0.15, 0.2) is 24.3 Å². The summed E-state index contributed by atoms with van der Waals surface area (Å²) >= 11 is 0. The van der Waals surface area contributed by atoms with Crippen molar-refractivity contribution in [2.75, 3.05) is 49.7 Å². The highest BCUT2D eigenvalue weighted by Crippen LogP contribution is 2.33. The van der Waals surface area contributed by atoms with E-state index in [1.165, 1.54) is 5.69 Å². The van der Waals surface area contributed by atoms with Gasteiger partial charge >= 0.3 is 0 Å². The maximum atomic E-state index is 12.3. The van der Waals surface area contributed by atoms with Gasteiger partial charge in [-0.3, -0.25) is 4.79 Å². The van der Waals surface area contributed by atoms with Gasteiger partial charge in [0.25, 0.3) is 0 Å². The van der Waals surface area contributed by atoms with Crippen LogP contribution < -0.4 is 10.2 Å². The van der Waals surface area contributed by atoms with E-state index in [1.54, 1.807) is 0 Å². The van der Waals surface area contributed by atoms with E-state index in [9.17, 15) is 4.79 Å². The Morgan fingerprint density at radius 1 is 1.00 bits per heavy atom. The fraction of sp³-hybridized carbons (Fsp3) is 0.632. The molecule has 1 aromatic carbocycles. The van der Waals surface area contributed by atoms with Crippen molar-refractivity contribution in [3.05, 3.63) is 24.3 Å². The summed E-state index contributed by atoms with van der Waals surface area (Å²) in [5.74, 6) is -0.168. The zero-order valence-corrected chi connectivity index (χ0v) is 14.5. The largest absolute Gasteiger partial charge is 0.381 e. The average Bonchev–Trinajstić information content (AvgIpc) is 3.12. The number of nitrogens with zero attached hydrogens (tertiary/aromatic N) is 1. The molecule has 0 aliphatic carbocycles. The highest BCUT2D eigenvalue weighted by molar-refractivity contribution is 5.92. The van der Waals surface area contributed by atoms with Gasteiger partial charge < -0.3 is 24.4 Å². The zero-order valence-electron chi connectivity index (χ0n) is 14.5. The molecule has 6 nitrogen and oxygen atoms in total. The molecule has 0 atom stereocenters. The summed E-state index contributed by atoms with van der Waals surface area (Å²) in [6.07, 6.45) is 3.41. The van der Waals surface area contributed by atoms with Crippen LogP contribution in [0.3, 0.4) is 0 Å². The Kier molecular flexibility index (Phi) is 4.92. The predicted octanol–water partition coefficient (Wildman–Crippen LogP) is 2.40. The van der Waals surface area contributed by atoms with Gasteiger partial charge in [0.1, 0.15) is 0 Å². The van der Waals surface area contributed by atoms with Crippen LogP contribution in [0.5, 0.6) is 0 Å². The minimum atomic E-state index is -0.339. The van der Waals surface area contributed by atoms with Crippen molar-refractivity contribution >= 4 is 17.3 Å². The number of ether oxygens (including phenoxy) is 3. The molecule has 1 amide bonds. The lowest BCUT2D eigenvalue weighted by Gasteiger charge is -2.38. The Morgan fingerprint density at radius 2 is 1.64 bits per heavy atom. The topological polar surface area (TPSA) is 60.0 Å². The maximum absolute atomic E-state index is 12.3. The summed E-state index contributed by atoms with van der Waals surface area (Å²) in [6, 6.07) is 8.13. The van der Waals surface area contributed by atoms with E-state index < -0.39 is 0 Å². The van der Waals surface area contributed by atoms with Gasteiger partial charge in [-0.1, -0.05) is 0 Å². The van der Waals surface area contributed by atoms with Crippen LogP contribution in [-0.4, -0.2) is 51.2 Å². The number of nitrogens with one attached hydrogen (secondary N) is 1. The molecule has 1 spiro atoms. The van der Waals surface area contributed by atoms with Gasteiger partial charge in [-0.2, -0.15) is 0 Å². The van der Waals surface area contributed by atoms with Crippen molar-refractivity contribution in [2.24, 2.45) is 5.92 Å². The predicted molar refractivity (Wildman–Crippen MR) is 94.7 cm³/mol. The second-order valence-corrected chi connectivity index (χ2v) is 7.02. The summed E-state index contributed by atoms with van der Waals surface area (Å²) in [7, 11) is 0. The molecular formula is C19H26N2O4. The van der Waals surface area contributed by atoms with Gasteiger partial charge in [0.15, 0.2) is 5.79 Å². The average molecular weight is 346 g/mol. The van der Waals surface area contributed by atoms with Crippen LogP contribution in [-0.2, 0) is 19.0 Å². The molecule has 3 saturated heterocycles. The second-order valence-electron chi connectivity index (χ2n) is 7.02. The van der Waals surface area contributed by atoms with Gasteiger partial charge in [-0.05, 0) is 37.1 Å². The molecule has 0 saturated carbocycles. The number of rotatable bonds is 3. The van der Waals surface area contributed by atoms with E-state index in [0.29, 0.717) is 26.4 Å². The molecule has 1 N–H and O–H groups in total. The Labute approximate surface area is 148 Å². The van der Waals surface area contributed by atoms with E-state index in [4.69, 9.17) is 14.2 Å². The molecule has 0 aromatic heterocycles. The molecule has 3 fully saturated rings. The van der Waals surface area contributed by atoms with Gasteiger partial charge in [-0.15, -0.1) is 0 Å². The first-order valence-electron chi connectivity index (χ1n) is 9.26. The fourth-order valence-corrected chi connectivity index (χ4v) is 3.85. The number of carbonyl (C=O) groups is 1. The van der Waals surface area contributed by atoms with E-state index in [1.807, 2.05) is 12.1 Å². The molecule has 3 heterocycles. The highest BCUT2D eigenvalue weighted by Gasteiger charge is 2.39. The molecule has 136 valence electrons. The SMILES string of the molecule is O=C(Nc1ccc(N2CCC3(CC2)OCCO3)cc1)C1CCOCC1. The lowest BCUT2D eigenvalue weighted by Crippen LogP contribution is -2.45. The number of hydrogen-bond donors (Lipinski definition) is 1. The molecule has 0 bridgehead atoms. The fourth-order valence-electron chi connectivity index (χ4n) is 3.85. The van der Waals surface area contributed by atoms with Crippen LogP contribution in [0, 0.1) is 5.92 Å². The van der Waals surface area contributed by atoms with Gasteiger partial charge in [0.2, 0.25) is 5.91 Å². The Balaban J connectivity index is 1.32. The normalized spacial score (nSPS) is 23.8. The van der Waals surface area contributed by atoms with Crippen molar-refractivity contribution in [2.45, 2.75) is 31.5 Å². The molecular weight excluding hydrogens is 320 g/mol. The van der Waals surface area contributed by atoms with Crippen LogP contribution >= 0.6 is 0 Å². The minimum absolute atomic E-state index is 0.0677. The van der Waals surface area contributed by atoms with E-state index in [2.05, 4.69) is 22.3 Å². The molecule has 0 radical (unpaired) electrons. The molecule has 25 heavy (non-hydrogen) atoms. The third-order valence-corrected chi connectivity index (χ3v) is 5.43. The molecule has 1 aromatic rings. The van der Waals surface area contributed by atoms with E-state index >= 15 is 0 Å².